The van der Waals surface area contributed by atoms with Crippen LogP contribution in [-0.2, 0) is 17.1 Å². The number of hydrogen-bond acceptors (Lipinski definition) is 2. The van der Waals surface area contributed by atoms with Crippen molar-refractivity contribution in [3.05, 3.63) is 0 Å². The fraction of sp³-hybridized carbons (Fsp3) is 0. The van der Waals surface area contributed by atoms with Crippen molar-refractivity contribution in [3.8, 4) is 0 Å². The first-order valence-electron chi connectivity index (χ1n) is 0. The van der Waals surface area contributed by atoms with Gasteiger partial charge in [-0.3, -0.25) is 0 Å². The van der Waals surface area contributed by atoms with Crippen LogP contribution in [0, 0.1) is 0 Å². The molecular weight excluding hydrogens is 198 g/mol. The Bertz CT molecular complexity index is 9.65. The maximum absolute atomic E-state index is 0. The van der Waals surface area contributed by atoms with Crippen LogP contribution in [0.5, 0.6) is 0 Å². The van der Waals surface area contributed by atoms with Gasteiger partial charge in [0.1, 0.15) is 0 Å². The Morgan fingerprint density at radius 2 is 0.571 bits per heavy atom. The van der Waals surface area contributed by atoms with Crippen molar-refractivity contribution in [1.82, 2.24) is 0 Å². The second-order valence-corrected chi connectivity index (χ2v) is 0. The summed E-state index contributed by atoms with van der Waals surface area (Å²) in [6.45, 7) is 0. The fourth-order valence-electron chi connectivity index (χ4n) is 0. The van der Waals surface area contributed by atoms with Gasteiger partial charge >= 0.3 is 103 Å². The average molecular weight is 204 g/mol. The van der Waals surface area contributed by atoms with E-state index in [2.05, 4.69) is 0 Å². The molecule has 4 nitrogen and oxygen atoms in total. The summed E-state index contributed by atoms with van der Waals surface area (Å²) < 4.78 is 0. The van der Waals surface area contributed by atoms with Crippen molar-refractivity contribution in [2.45, 2.75) is 0 Å². The van der Waals surface area contributed by atoms with Crippen LogP contribution in [0.4, 0.5) is 0 Å². The molecule has 0 aromatic carbocycles. The largest absolute Gasteiger partial charge is 1.00 e. The van der Waals surface area contributed by atoms with Crippen LogP contribution in [-0.4, -0.2) is 21.9 Å². The SMILES string of the molecule is O.O.[Fe].[K+].[K+].[OH-].[OH-]. The summed E-state index contributed by atoms with van der Waals surface area (Å²) in [5.74, 6) is 0. The van der Waals surface area contributed by atoms with E-state index in [4.69, 9.17) is 0 Å². The number of hydrogen-bond donors (Lipinski definition) is 0. The summed E-state index contributed by atoms with van der Waals surface area (Å²) >= 11 is 0. The summed E-state index contributed by atoms with van der Waals surface area (Å²) in [4.78, 5) is 0. The molecule has 0 aromatic heterocycles. The van der Waals surface area contributed by atoms with Gasteiger partial charge in [0.25, 0.3) is 0 Å². The predicted octanol–water partition coefficient (Wildman–Crippen LogP) is -8.00. The van der Waals surface area contributed by atoms with Crippen LogP contribution in [0.2, 0.25) is 0 Å². The van der Waals surface area contributed by atoms with Gasteiger partial charge in [0.15, 0.2) is 0 Å². The molecule has 6 N–H and O–H groups in total. The van der Waals surface area contributed by atoms with Crippen molar-refractivity contribution in [2.24, 2.45) is 0 Å². The van der Waals surface area contributed by atoms with E-state index in [-0.39, 0.29) is 142 Å². The van der Waals surface area contributed by atoms with Crippen molar-refractivity contribution >= 4 is 0 Å². The molecule has 0 aliphatic carbocycles. The van der Waals surface area contributed by atoms with Crippen LogP contribution >= 0.6 is 0 Å². The van der Waals surface area contributed by atoms with Crippen LogP contribution in [0.3, 0.4) is 0 Å². The van der Waals surface area contributed by atoms with E-state index < -0.39 is 0 Å². The van der Waals surface area contributed by atoms with Gasteiger partial charge in [0.2, 0.25) is 0 Å². The Hall–Kier alpha value is 3.63. The van der Waals surface area contributed by atoms with Gasteiger partial charge in [0.05, 0.1) is 0 Å². The maximum Gasteiger partial charge on any atom is 1.00 e. The summed E-state index contributed by atoms with van der Waals surface area (Å²) in [6.07, 6.45) is 0. The van der Waals surface area contributed by atoms with Gasteiger partial charge in [-0.05, 0) is 0 Å². The smallest absolute Gasteiger partial charge is 0.870 e. The van der Waals surface area contributed by atoms with Crippen LogP contribution < -0.4 is 103 Å². The van der Waals surface area contributed by atoms with E-state index in [0.717, 1.165) is 0 Å². The van der Waals surface area contributed by atoms with Crippen LogP contribution in [0.1, 0.15) is 0 Å². The van der Waals surface area contributed by atoms with E-state index in [1.807, 2.05) is 0 Å². The Morgan fingerprint density at radius 1 is 0.571 bits per heavy atom. The molecule has 0 spiro atoms. The van der Waals surface area contributed by atoms with E-state index in [0.29, 0.717) is 0 Å². The van der Waals surface area contributed by atoms with Gasteiger partial charge in [-0.15, -0.1) is 0 Å². The first-order valence-corrected chi connectivity index (χ1v) is 0. The summed E-state index contributed by atoms with van der Waals surface area (Å²) in [6, 6.07) is 0. The quantitative estimate of drug-likeness (QED) is 0.363. The summed E-state index contributed by atoms with van der Waals surface area (Å²) in [5.41, 5.74) is 0. The van der Waals surface area contributed by atoms with Crippen molar-refractivity contribution in [1.29, 1.82) is 0 Å². The molecule has 0 fully saturated rings. The van der Waals surface area contributed by atoms with Crippen molar-refractivity contribution in [2.75, 3.05) is 0 Å². The average Bonchev–Trinajstić information content (AvgIpc) is 0. The van der Waals surface area contributed by atoms with E-state index in [1.54, 1.807) is 0 Å². The number of rotatable bonds is 0. The first-order chi connectivity index (χ1) is 0. The van der Waals surface area contributed by atoms with Gasteiger partial charge in [0, 0.05) is 17.1 Å². The molecule has 0 rings (SSSR count). The van der Waals surface area contributed by atoms with Crippen LogP contribution in [0.25, 0.3) is 0 Å². The molecule has 0 heterocycles. The molecule has 0 aliphatic heterocycles. The second kappa shape index (κ2) is 54.4. The molecule has 7 heteroatoms. The topological polar surface area (TPSA) is 123 Å². The first kappa shape index (κ1) is 74.8. The fourth-order valence-corrected chi connectivity index (χ4v) is 0. The molecule has 40 valence electrons. The summed E-state index contributed by atoms with van der Waals surface area (Å²) in [7, 11) is 0. The standard InChI is InChI=1S/Fe.2K.4H2O/h;;;4*1H2/q;2*+1;;;;/p-2. The minimum absolute atomic E-state index is 0. The second-order valence-electron chi connectivity index (χ2n) is 0. The molecular formula is H6FeK2O4. The zero-order chi connectivity index (χ0) is 0. The zero-order valence-corrected chi connectivity index (χ0v) is 11.6. The molecule has 7 heavy (non-hydrogen) atoms. The summed E-state index contributed by atoms with van der Waals surface area (Å²) in [5, 5.41) is 0. The molecule has 0 bridgehead atoms. The predicted molar refractivity (Wildman–Crippen MR) is 11.1 cm³/mol. The Labute approximate surface area is 138 Å². The van der Waals surface area contributed by atoms with E-state index in [1.165, 1.54) is 0 Å². The Kier molecular flexibility index (Phi) is 581. The Balaban J connectivity index is 0. The normalized spacial score (nSPS) is 0. The molecule has 0 amide bonds. The minimum Gasteiger partial charge on any atom is -0.870 e. The van der Waals surface area contributed by atoms with Crippen LogP contribution in [0.15, 0.2) is 0 Å². The van der Waals surface area contributed by atoms with Crippen molar-refractivity contribution < 1.29 is 142 Å². The minimum atomic E-state index is 0. The molecule has 0 saturated carbocycles. The Morgan fingerprint density at radius 3 is 0.571 bits per heavy atom. The van der Waals surface area contributed by atoms with Gasteiger partial charge in [-0.25, -0.2) is 0 Å². The van der Waals surface area contributed by atoms with E-state index in [9.17, 15) is 0 Å². The van der Waals surface area contributed by atoms with E-state index >= 15 is 0 Å². The third kappa shape index (κ3) is 42.5. The van der Waals surface area contributed by atoms with Crippen molar-refractivity contribution in [3.63, 3.8) is 0 Å². The molecule has 0 atom stereocenters. The van der Waals surface area contributed by atoms with Gasteiger partial charge in [-0.2, -0.15) is 0 Å². The van der Waals surface area contributed by atoms with Gasteiger partial charge in [-0.1, -0.05) is 0 Å². The third-order valence-electron chi connectivity index (χ3n) is 0. The molecule has 0 aliphatic rings. The molecule has 0 aromatic rings. The maximum atomic E-state index is 0. The monoisotopic (exact) mass is 204 g/mol. The molecule has 0 saturated heterocycles. The third-order valence-corrected chi connectivity index (χ3v) is 0. The zero-order valence-electron chi connectivity index (χ0n) is 4.25. The molecule has 0 radical (unpaired) electrons. The van der Waals surface area contributed by atoms with Gasteiger partial charge < -0.3 is 21.9 Å². The molecule has 0 unspecified atom stereocenters.